The molecule has 0 radical (unpaired) electrons. The molecule has 0 saturated heterocycles. The summed E-state index contributed by atoms with van der Waals surface area (Å²) >= 11 is 1.62. The minimum atomic E-state index is -0.200. The van der Waals surface area contributed by atoms with Crippen LogP contribution in [0.2, 0.25) is 0 Å². The number of aryl methyl sites for hydroxylation is 1. The van der Waals surface area contributed by atoms with Gasteiger partial charge in [-0.05, 0) is 44.5 Å². The second kappa shape index (κ2) is 8.51. The number of hydrogen-bond donors (Lipinski definition) is 2. The molecular weight excluding hydrogens is 298 g/mol. The molecule has 0 spiro atoms. The lowest BCUT2D eigenvalue weighted by Gasteiger charge is -2.08. The van der Waals surface area contributed by atoms with Crippen LogP contribution in [0.5, 0.6) is 0 Å². The summed E-state index contributed by atoms with van der Waals surface area (Å²) in [4.78, 5) is 16.2. The van der Waals surface area contributed by atoms with Gasteiger partial charge >= 0.3 is 6.03 Å². The van der Waals surface area contributed by atoms with Crippen molar-refractivity contribution in [1.82, 2.24) is 10.3 Å². The lowest BCUT2D eigenvalue weighted by molar-refractivity contribution is 0.145. The number of nitrogens with zero attached hydrogens (tertiary/aromatic N) is 1. The van der Waals surface area contributed by atoms with E-state index in [-0.39, 0.29) is 6.03 Å². The van der Waals surface area contributed by atoms with Crippen LogP contribution in [0.4, 0.5) is 10.5 Å². The SMILES string of the molecule is CCOCCCNC(=O)Nc1ccc(-c2nc(C)cs2)cc1. The minimum Gasteiger partial charge on any atom is -0.382 e. The molecule has 2 rings (SSSR count). The van der Waals surface area contributed by atoms with Gasteiger partial charge in [-0.15, -0.1) is 11.3 Å². The number of carbonyl (C=O) groups excluding carboxylic acids is 1. The number of amides is 2. The molecule has 1 aromatic heterocycles. The fourth-order valence-corrected chi connectivity index (χ4v) is 2.68. The number of ether oxygens (including phenoxy) is 1. The Morgan fingerprint density at radius 2 is 2.09 bits per heavy atom. The molecule has 0 atom stereocenters. The topological polar surface area (TPSA) is 63.2 Å². The molecular formula is C16H21N3O2S. The van der Waals surface area contributed by atoms with Crippen LogP contribution in [0.3, 0.4) is 0 Å². The number of aromatic nitrogens is 1. The number of thiazole rings is 1. The van der Waals surface area contributed by atoms with Crippen LogP contribution in [0.1, 0.15) is 19.0 Å². The second-order valence-electron chi connectivity index (χ2n) is 4.80. The van der Waals surface area contributed by atoms with Gasteiger partial charge in [-0.2, -0.15) is 0 Å². The maximum Gasteiger partial charge on any atom is 0.319 e. The fourth-order valence-electron chi connectivity index (χ4n) is 1.88. The Bertz CT molecular complexity index is 596. The van der Waals surface area contributed by atoms with Gasteiger partial charge in [0.15, 0.2) is 0 Å². The van der Waals surface area contributed by atoms with E-state index in [0.29, 0.717) is 19.8 Å². The summed E-state index contributed by atoms with van der Waals surface area (Å²) in [5.74, 6) is 0. The Hall–Kier alpha value is -1.92. The summed E-state index contributed by atoms with van der Waals surface area (Å²) in [6, 6.07) is 7.48. The van der Waals surface area contributed by atoms with Crippen LogP contribution in [0, 0.1) is 6.92 Å². The predicted octanol–water partition coefficient (Wildman–Crippen LogP) is 3.67. The lowest BCUT2D eigenvalue weighted by Crippen LogP contribution is -2.30. The summed E-state index contributed by atoms with van der Waals surface area (Å²) in [7, 11) is 0. The summed E-state index contributed by atoms with van der Waals surface area (Å²) in [5, 5.41) is 8.62. The molecule has 0 aliphatic rings. The van der Waals surface area contributed by atoms with E-state index < -0.39 is 0 Å². The molecule has 5 nitrogen and oxygen atoms in total. The van der Waals surface area contributed by atoms with Gasteiger partial charge in [0, 0.05) is 42.1 Å². The maximum absolute atomic E-state index is 11.7. The van der Waals surface area contributed by atoms with Crippen molar-refractivity contribution in [3.8, 4) is 10.6 Å². The van der Waals surface area contributed by atoms with Crippen molar-refractivity contribution < 1.29 is 9.53 Å². The standard InChI is InChI=1S/C16H21N3O2S/c1-3-21-10-4-9-17-16(20)19-14-7-5-13(6-8-14)15-18-12(2)11-22-15/h5-8,11H,3-4,9-10H2,1-2H3,(H2,17,19,20). The number of benzene rings is 1. The molecule has 2 aromatic rings. The van der Waals surface area contributed by atoms with E-state index in [9.17, 15) is 4.79 Å². The lowest BCUT2D eigenvalue weighted by atomic mass is 10.2. The first-order valence-electron chi connectivity index (χ1n) is 7.34. The third-order valence-electron chi connectivity index (χ3n) is 2.96. The predicted molar refractivity (Wildman–Crippen MR) is 90.4 cm³/mol. The Morgan fingerprint density at radius 1 is 1.32 bits per heavy atom. The second-order valence-corrected chi connectivity index (χ2v) is 5.66. The number of nitrogens with one attached hydrogen (secondary N) is 2. The third kappa shape index (κ3) is 5.13. The van der Waals surface area contributed by atoms with Crippen LogP contribution in [0.25, 0.3) is 10.6 Å². The van der Waals surface area contributed by atoms with E-state index in [4.69, 9.17) is 4.74 Å². The molecule has 0 unspecified atom stereocenters. The smallest absolute Gasteiger partial charge is 0.319 e. The molecule has 0 aliphatic carbocycles. The van der Waals surface area contributed by atoms with Crippen LogP contribution in [0.15, 0.2) is 29.6 Å². The van der Waals surface area contributed by atoms with Crippen molar-refractivity contribution in [2.45, 2.75) is 20.3 Å². The zero-order chi connectivity index (χ0) is 15.8. The van der Waals surface area contributed by atoms with E-state index in [1.807, 2.05) is 43.5 Å². The Balaban J connectivity index is 1.79. The van der Waals surface area contributed by atoms with E-state index >= 15 is 0 Å². The highest BCUT2D eigenvalue weighted by Crippen LogP contribution is 2.24. The number of rotatable bonds is 7. The van der Waals surface area contributed by atoms with Gasteiger partial charge < -0.3 is 15.4 Å². The zero-order valence-corrected chi connectivity index (χ0v) is 13.7. The summed E-state index contributed by atoms with van der Waals surface area (Å²) in [6.45, 7) is 5.90. The molecule has 0 fully saturated rings. The highest BCUT2D eigenvalue weighted by molar-refractivity contribution is 7.13. The Kier molecular flexibility index (Phi) is 6.36. The van der Waals surface area contributed by atoms with Crippen molar-refractivity contribution in [1.29, 1.82) is 0 Å². The van der Waals surface area contributed by atoms with Crippen molar-refractivity contribution >= 4 is 23.1 Å². The van der Waals surface area contributed by atoms with Crippen LogP contribution in [-0.4, -0.2) is 30.8 Å². The number of hydrogen-bond acceptors (Lipinski definition) is 4. The molecule has 2 amide bonds. The summed E-state index contributed by atoms with van der Waals surface area (Å²) < 4.78 is 5.21. The van der Waals surface area contributed by atoms with Gasteiger partial charge in [-0.3, -0.25) is 0 Å². The first-order chi connectivity index (χ1) is 10.7. The molecule has 1 aromatic carbocycles. The van der Waals surface area contributed by atoms with Crippen molar-refractivity contribution in [3.63, 3.8) is 0 Å². The highest BCUT2D eigenvalue weighted by Gasteiger charge is 2.04. The first-order valence-corrected chi connectivity index (χ1v) is 8.22. The Morgan fingerprint density at radius 3 is 2.73 bits per heavy atom. The largest absolute Gasteiger partial charge is 0.382 e. The zero-order valence-electron chi connectivity index (χ0n) is 12.9. The highest BCUT2D eigenvalue weighted by atomic mass is 32.1. The average Bonchev–Trinajstić information content (AvgIpc) is 2.94. The van der Waals surface area contributed by atoms with Crippen molar-refractivity contribution in [2.75, 3.05) is 25.1 Å². The third-order valence-corrected chi connectivity index (χ3v) is 3.97. The first kappa shape index (κ1) is 16.5. The van der Waals surface area contributed by atoms with Crippen molar-refractivity contribution in [2.24, 2.45) is 0 Å². The molecule has 6 heteroatoms. The molecule has 22 heavy (non-hydrogen) atoms. The number of urea groups is 1. The van der Waals surface area contributed by atoms with E-state index in [0.717, 1.165) is 28.4 Å². The molecule has 0 saturated carbocycles. The fraction of sp³-hybridized carbons (Fsp3) is 0.375. The molecule has 2 N–H and O–H groups in total. The molecule has 1 heterocycles. The van der Waals surface area contributed by atoms with E-state index in [1.54, 1.807) is 11.3 Å². The normalized spacial score (nSPS) is 10.5. The summed E-state index contributed by atoms with van der Waals surface area (Å²) in [5.41, 5.74) is 2.84. The van der Waals surface area contributed by atoms with Gasteiger partial charge in [0.1, 0.15) is 5.01 Å². The molecule has 118 valence electrons. The monoisotopic (exact) mass is 319 g/mol. The molecule has 0 bridgehead atoms. The van der Waals surface area contributed by atoms with Crippen LogP contribution >= 0.6 is 11.3 Å². The number of anilines is 1. The number of carbonyl (C=O) groups is 1. The average molecular weight is 319 g/mol. The minimum absolute atomic E-state index is 0.200. The van der Waals surface area contributed by atoms with Crippen LogP contribution in [-0.2, 0) is 4.74 Å². The van der Waals surface area contributed by atoms with E-state index in [2.05, 4.69) is 15.6 Å². The van der Waals surface area contributed by atoms with Gasteiger partial charge in [-0.1, -0.05) is 0 Å². The van der Waals surface area contributed by atoms with Gasteiger partial charge in [0.25, 0.3) is 0 Å². The van der Waals surface area contributed by atoms with Gasteiger partial charge in [0.05, 0.1) is 0 Å². The van der Waals surface area contributed by atoms with Crippen molar-refractivity contribution in [3.05, 3.63) is 35.3 Å². The van der Waals surface area contributed by atoms with E-state index in [1.165, 1.54) is 0 Å². The quantitative estimate of drug-likeness (QED) is 0.765. The van der Waals surface area contributed by atoms with Gasteiger partial charge in [-0.25, -0.2) is 9.78 Å². The van der Waals surface area contributed by atoms with Crippen LogP contribution < -0.4 is 10.6 Å². The van der Waals surface area contributed by atoms with Gasteiger partial charge in [0.2, 0.25) is 0 Å². The summed E-state index contributed by atoms with van der Waals surface area (Å²) in [6.07, 6.45) is 0.809. The Labute approximate surface area is 134 Å². The maximum atomic E-state index is 11.7. The molecule has 0 aliphatic heterocycles.